The second kappa shape index (κ2) is 5.10. The monoisotopic (exact) mass is 400 g/mol. The molecule has 3 aromatic rings. The van der Waals surface area contributed by atoms with Gasteiger partial charge in [0, 0.05) is 9.64 Å². The molecule has 2 heterocycles. The van der Waals surface area contributed by atoms with Crippen LogP contribution in [0.4, 0.5) is 5.95 Å². The van der Waals surface area contributed by atoms with Crippen molar-refractivity contribution in [1.82, 2.24) is 14.5 Å². The molecule has 5 nitrogen and oxygen atoms in total. The number of nitrogens with zero attached hydrogens (tertiary/aromatic N) is 3. The first-order valence-electron chi connectivity index (χ1n) is 5.74. The van der Waals surface area contributed by atoms with Gasteiger partial charge in [-0.05, 0) is 46.9 Å². The fourth-order valence-electron chi connectivity index (χ4n) is 1.97. The Balaban J connectivity index is 2.31. The van der Waals surface area contributed by atoms with E-state index in [1.807, 2.05) is 24.3 Å². The van der Waals surface area contributed by atoms with Crippen molar-refractivity contribution in [3.63, 3.8) is 0 Å². The summed E-state index contributed by atoms with van der Waals surface area (Å²) >= 11 is 8.50. The molecule has 102 valence electrons. The zero-order valence-corrected chi connectivity index (χ0v) is 13.4. The summed E-state index contributed by atoms with van der Waals surface area (Å²) in [4.78, 5) is 8.68. The number of anilines is 1. The minimum Gasteiger partial charge on any atom is -0.481 e. The summed E-state index contributed by atoms with van der Waals surface area (Å²) in [5.41, 5.74) is 8.05. The van der Waals surface area contributed by atoms with Gasteiger partial charge in [-0.3, -0.25) is 4.57 Å². The van der Waals surface area contributed by atoms with Gasteiger partial charge in [-0.25, -0.2) is 4.98 Å². The van der Waals surface area contributed by atoms with E-state index in [0.717, 1.165) is 9.26 Å². The lowest BCUT2D eigenvalue weighted by Crippen LogP contribution is -2.02. The van der Waals surface area contributed by atoms with Gasteiger partial charge in [0.2, 0.25) is 11.8 Å². The number of halogens is 2. The standard InChI is InChI=1S/C13H10ClIN4O/c1-20-11-5-3-9-12(18-11)19(13(16)17-9)10-4-2-7(15)6-8(10)14/h2-6H,1H3,(H2,16,17). The number of imidazole rings is 1. The number of hydrogen-bond acceptors (Lipinski definition) is 4. The summed E-state index contributed by atoms with van der Waals surface area (Å²) in [6.07, 6.45) is 0. The molecule has 0 saturated heterocycles. The van der Waals surface area contributed by atoms with Crippen LogP contribution >= 0.6 is 34.2 Å². The van der Waals surface area contributed by atoms with Gasteiger partial charge in [0.15, 0.2) is 5.65 Å². The lowest BCUT2D eigenvalue weighted by atomic mass is 10.3. The average molecular weight is 401 g/mol. The van der Waals surface area contributed by atoms with Crippen LogP contribution in [0.15, 0.2) is 30.3 Å². The van der Waals surface area contributed by atoms with Crippen LogP contribution in [-0.4, -0.2) is 21.6 Å². The summed E-state index contributed by atoms with van der Waals surface area (Å²) in [6.45, 7) is 0. The van der Waals surface area contributed by atoms with E-state index >= 15 is 0 Å². The van der Waals surface area contributed by atoms with Crippen molar-refractivity contribution in [2.45, 2.75) is 0 Å². The SMILES string of the molecule is COc1ccc2nc(N)n(-c3ccc(I)cc3Cl)c2n1. The molecule has 1 aromatic carbocycles. The van der Waals surface area contributed by atoms with Gasteiger partial charge in [-0.2, -0.15) is 4.98 Å². The van der Waals surface area contributed by atoms with Gasteiger partial charge in [-0.1, -0.05) is 11.6 Å². The Bertz CT molecular complexity index is 802. The van der Waals surface area contributed by atoms with Gasteiger partial charge in [0.1, 0.15) is 5.52 Å². The number of benzene rings is 1. The smallest absolute Gasteiger partial charge is 0.215 e. The van der Waals surface area contributed by atoms with E-state index in [9.17, 15) is 0 Å². The van der Waals surface area contributed by atoms with Crippen LogP contribution in [0.2, 0.25) is 5.02 Å². The highest BCUT2D eigenvalue weighted by Gasteiger charge is 2.14. The highest BCUT2D eigenvalue weighted by molar-refractivity contribution is 14.1. The number of methoxy groups -OCH3 is 1. The second-order valence-corrected chi connectivity index (χ2v) is 5.75. The maximum absolute atomic E-state index is 6.30. The number of ether oxygens (including phenoxy) is 1. The summed E-state index contributed by atoms with van der Waals surface area (Å²) in [5, 5.41) is 0.590. The highest BCUT2D eigenvalue weighted by atomic mass is 127. The van der Waals surface area contributed by atoms with Crippen LogP contribution < -0.4 is 10.5 Å². The van der Waals surface area contributed by atoms with Crippen molar-refractivity contribution in [2.75, 3.05) is 12.8 Å². The molecule has 0 aliphatic heterocycles. The minimum atomic E-state index is 0.337. The van der Waals surface area contributed by atoms with E-state index in [1.165, 1.54) is 0 Å². The Morgan fingerprint density at radius 1 is 1.25 bits per heavy atom. The first-order chi connectivity index (χ1) is 9.60. The van der Waals surface area contributed by atoms with Gasteiger partial charge >= 0.3 is 0 Å². The molecule has 0 spiro atoms. The van der Waals surface area contributed by atoms with E-state index < -0.39 is 0 Å². The maximum atomic E-state index is 6.30. The van der Waals surface area contributed by atoms with Crippen molar-refractivity contribution >= 4 is 51.3 Å². The first kappa shape index (κ1) is 13.4. The van der Waals surface area contributed by atoms with E-state index in [4.69, 9.17) is 22.1 Å². The number of fused-ring (bicyclic) bond motifs is 1. The Hall–Kier alpha value is -1.54. The lowest BCUT2D eigenvalue weighted by molar-refractivity contribution is 0.399. The summed E-state index contributed by atoms with van der Waals surface area (Å²) in [5.74, 6) is 0.837. The molecule has 0 amide bonds. The summed E-state index contributed by atoms with van der Waals surface area (Å²) in [7, 11) is 1.57. The Morgan fingerprint density at radius 3 is 2.75 bits per heavy atom. The van der Waals surface area contributed by atoms with E-state index in [0.29, 0.717) is 28.0 Å². The van der Waals surface area contributed by atoms with Gasteiger partial charge in [-0.15, -0.1) is 0 Å². The molecule has 2 N–H and O–H groups in total. The Morgan fingerprint density at radius 2 is 2.05 bits per heavy atom. The molecule has 0 atom stereocenters. The highest BCUT2D eigenvalue weighted by Crippen LogP contribution is 2.29. The zero-order chi connectivity index (χ0) is 14.3. The molecular weight excluding hydrogens is 391 g/mol. The summed E-state index contributed by atoms with van der Waals surface area (Å²) in [6, 6.07) is 9.27. The number of hydrogen-bond donors (Lipinski definition) is 1. The third kappa shape index (κ3) is 2.18. The number of pyridine rings is 1. The van der Waals surface area contributed by atoms with Crippen LogP contribution in [0.3, 0.4) is 0 Å². The molecule has 3 rings (SSSR count). The number of aromatic nitrogens is 3. The van der Waals surface area contributed by atoms with E-state index in [-0.39, 0.29) is 0 Å². The zero-order valence-electron chi connectivity index (χ0n) is 10.5. The van der Waals surface area contributed by atoms with Gasteiger partial charge in [0.05, 0.1) is 17.8 Å². The quantitative estimate of drug-likeness (QED) is 0.671. The topological polar surface area (TPSA) is 66.0 Å². The minimum absolute atomic E-state index is 0.337. The van der Waals surface area contributed by atoms with Crippen LogP contribution in [0.25, 0.3) is 16.9 Å². The molecule has 7 heteroatoms. The van der Waals surface area contributed by atoms with Crippen LogP contribution in [-0.2, 0) is 0 Å². The predicted molar refractivity (Wildman–Crippen MR) is 87.6 cm³/mol. The molecule has 0 bridgehead atoms. The molecule has 20 heavy (non-hydrogen) atoms. The maximum Gasteiger partial charge on any atom is 0.215 e. The normalized spacial score (nSPS) is 10.9. The molecule has 0 aliphatic carbocycles. The van der Waals surface area contributed by atoms with Crippen molar-refractivity contribution in [3.8, 4) is 11.6 Å². The lowest BCUT2D eigenvalue weighted by Gasteiger charge is -2.08. The van der Waals surface area contributed by atoms with E-state index in [1.54, 1.807) is 17.7 Å². The summed E-state index contributed by atoms with van der Waals surface area (Å²) < 4.78 is 7.91. The average Bonchev–Trinajstić information content (AvgIpc) is 2.74. The third-order valence-electron chi connectivity index (χ3n) is 2.86. The third-order valence-corrected chi connectivity index (χ3v) is 3.84. The fraction of sp³-hybridized carbons (Fsp3) is 0.0769. The van der Waals surface area contributed by atoms with Crippen molar-refractivity contribution in [2.24, 2.45) is 0 Å². The number of rotatable bonds is 2. The van der Waals surface area contributed by atoms with Crippen molar-refractivity contribution in [1.29, 1.82) is 0 Å². The predicted octanol–water partition coefficient (Wildman–Crippen LogP) is 3.27. The largest absolute Gasteiger partial charge is 0.481 e. The molecule has 0 unspecified atom stereocenters. The molecule has 0 aliphatic rings. The molecule has 0 radical (unpaired) electrons. The van der Waals surface area contributed by atoms with Crippen LogP contribution in [0.1, 0.15) is 0 Å². The Labute approximate surface area is 133 Å². The number of nitrogens with two attached hydrogens (primary N) is 1. The second-order valence-electron chi connectivity index (χ2n) is 4.10. The van der Waals surface area contributed by atoms with Gasteiger partial charge in [0.25, 0.3) is 0 Å². The van der Waals surface area contributed by atoms with Gasteiger partial charge < -0.3 is 10.5 Å². The van der Waals surface area contributed by atoms with Crippen LogP contribution in [0.5, 0.6) is 5.88 Å². The van der Waals surface area contributed by atoms with Crippen molar-refractivity contribution in [3.05, 3.63) is 38.9 Å². The van der Waals surface area contributed by atoms with Crippen LogP contribution in [0, 0.1) is 3.57 Å². The van der Waals surface area contributed by atoms with Crippen molar-refractivity contribution < 1.29 is 4.74 Å². The fourth-order valence-corrected chi connectivity index (χ4v) is 2.91. The molecule has 0 fully saturated rings. The Kier molecular flexibility index (Phi) is 3.43. The number of nitrogen functional groups attached to an aromatic ring is 1. The molecular formula is C13H10ClIN4O. The first-order valence-corrected chi connectivity index (χ1v) is 7.20. The molecule has 0 saturated carbocycles. The van der Waals surface area contributed by atoms with E-state index in [2.05, 4.69) is 32.6 Å². The molecule has 2 aromatic heterocycles.